The lowest BCUT2D eigenvalue weighted by atomic mass is 10.2. The van der Waals surface area contributed by atoms with Crippen molar-refractivity contribution in [3.8, 4) is 0 Å². The molecule has 1 aromatic heterocycles. The first-order valence-corrected chi connectivity index (χ1v) is 6.11. The van der Waals surface area contributed by atoms with Crippen molar-refractivity contribution in [2.75, 3.05) is 6.54 Å². The van der Waals surface area contributed by atoms with E-state index in [0.29, 0.717) is 19.0 Å². The maximum Gasteiger partial charge on any atom is 0.221 e. The molecule has 1 amide bonds. The van der Waals surface area contributed by atoms with Crippen LogP contribution in [-0.2, 0) is 11.3 Å². The van der Waals surface area contributed by atoms with Gasteiger partial charge in [-0.2, -0.15) is 0 Å². The Labute approximate surface area is 103 Å². The molecule has 2 N–H and O–H groups in total. The van der Waals surface area contributed by atoms with Crippen molar-refractivity contribution in [3.63, 3.8) is 0 Å². The maximum atomic E-state index is 11.5. The van der Waals surface area contributed by atoms with Crippen molar-refractivity contribution in [2.24, 2.45) is 0 Å². The third kappa shape index (κ3) is 6.02. The van der Waals surface area contributed by atoms with Gasteiger partial charge in [0, 0.05) is 37.9 Å². The molecule has 0 aliphatic carbocycles. The van der Waals surface area contributed by atoms with Gasteiger partial charge in [0.25, 0.3) is 0 Å². The monoisotopic (exact) mass is 235 g/mol. The van der Waals surface area contributed by atoms with Crippen LogP contribution in [0.1, 0.15) is 32.3 Å². The fourth-order valence-electron chi connectivity index (χ4n) is 1.37. The Balaban J connectivity index is 2.13. The second-order valence-corrected chi connectivity index (χ2v) is 4.15. The summed E-state index contributed by atoms with van der Waals surface area (Å²) in [6.45, 7) is 5.53. The number of pyridine rings is 1. The summed E-state index contributed by atoms with van der Waals surface area (Å²) in [5.74, 6) is 0.0738. The first-order valence-electron chi connectivity index (χ1n) is 6.11. The molecule has 0 aliphatic rings. The summed E-state index contributed by atoms with van der Waals surface area (Å²) in [5.41, 5.74) is 1.02. The number of amides is 1. The van der Waals surface area contributed by atoms with Crippen molar-refractivity contribution in [1.82, 2.24) is 15.6 Å². The molecular formula is C13H21N3O. The van der Waals surface area contributed by atoms with Gasteiger partial charge in [0.1, 0.15) is 0 Å². The topological polar surface area (TPSA) is 54.0 Å². The molecule has 0 fully saturated rings. The summed E-state index contributed by atoms with van der Waals surface area (Å²) in [5, 5.41) is 6.16. The molecule has 17 heavy (non-hydrogen) atoms. The molecule has 94 valence electrons. The zero-order chi connectivity index (χ0) is 12.5. The van der Waals surface area contributed by atoms with E-state index in [-0.39, 0.29) is 5.91 Å². The van der Waals surface area contributed by atoms with Crippen molar-refractivity contribution in [1.29, 1.82) is 0 Å². The van der Waals surface area contributed by atoms with Gasteiger partial charge in [-0.25, -0.2) is 0 Å². The largest absolute Gasteiger partial charge is 0.352 e. The molecule has 1 atom stereocenters. The van der Waals surface area contributed by atoms with Gasteiger partial charge in [0.15, 0.2) is 0 Å². The van der Waals surface area contributed by atoms with Gasteiger partial charge < -0.3 is 10.6 Å². The van der Waals surface area contributed by atoms with Gasteiger partial charge in [0.05, 0.1) is 0 Å². The molecule has 1 aromatic rings. The normalized spacial score (nSPS) is 12.1. The number of nitrogens with one attached hydrogen (secondary N) is 2. The van der Waals surface area contributed by atoms with Gasteiger partial charge in [-0.1, -0.05) is 13.0 Å². The van der Waals surface area contributed by atoms with Crippen LogP contribution in [0.2, 0.25) is 0 Å². The molecule has 1 rings (SSSR count). The van der Waals surface area contributed by atoms with Gasteiger partial charge in [-0.15, -0.1) is 0 Å². The van der Waals surface area contributed by atoms with E-state index in [1.807, 2.05) is 12.1 Å². The van der Waals surface area contributed by atoms with E-state index in [2.05, 4.69) is 29.5 Å². The Morgan fingerprint density at radius 1 is 1.53 bits per heavy atom. The summed E-state index contributed by atoms with van der Waals surface area (Å²) in [4.78, 5) is 15.5. The van der Waals surface area contributed by atoms with Crippen LogP contribution in [0, 0.1) is 0 Å². The van der Waals surface area contributed by atoms with E-state index < -0.39 is 0 Å². The predicted octanol–water partition coefficient (Wildman–Crippen LogP) is 1.48. The molecular weight excluding hydrogens is 214 g/mol. The van der Waals surface area contributed by atoms with Gasteiger partial charge in [0.2, 0.25) is 5.91 Å². The Kier molecular flexibility index (Phi) is 6.25. The summed E-state index contributed by atoms with van der Waals surface area (Å²) in [6, 6.07) is 4.29. The first-order chi connectivity index (χ1) is 8.22. The van der Waals surface area contributed by atoms with Gasteiger partial charge in [-0.05, 0) is 25.0 Å². The third-order valence-electron chi connectivity index (χ3n) is 2.67. The minimum atomic E-state index is 0.0738. The molecule has 0 aromatic carbocycles. The van der Waals surface area contributed by atoms with E-state index in [4.69, 9.17) is 0 Å². The molecule has 4 nitrogen and oxygen atoms in total. The van der Waals surface area contributed by atoms with E-state index in [1.165, 1.54) is 0 Å². The highest BCUT2D eigenvalue weighted by molar-refractivity contribution is 5.76. The SMILES string of the molecule is CCC(C)NCCC(=O)NCc1cccnc1. The van der Waals surface area contributed by atoms with E-state index >= 15 is 0 Å². The molecule has 1 unspecified atom stereocenters. The van der Waals surface area contributed by atoms with Crippen LogP contribution in [0.25, 0.3) is 0 Å². The predicted molar refractivity (Wildman–Crippen MR) is 68.5 cm³/mol. The number of carbonyl (C=O) groups is 1. The number of rotatable bonds is 7. The smallest absolute Gasteiger partial charge is 0.221 e. The van der Waals surface area contributed by atoms with E-state index in [1.54, 1.807) is 12.4 Å². The molecule has 0 spiro atoms. The molecule has 0 bridgehead atoms. The Morgan fingerprint density at radius 2 is 2.35 bits per heavy atom. The summed E-state index contributed by atoms with van der Waals surface area (Å²) in [6.07, 6.45) is 5.08. The molecule has 0 saturated carbocycles. The van der Waals surface area contributed by atoms with Crippen LogP contribution >= 0.6 is 0 Å². The molecule has 4 heteroatoms. The number of aromatic nitrogens is 1. The van der Waals surface area contributed by atoms with Crippen molar-refractivity contribution < 1.29 is 4.79 Å². The third-order valence-corrected chi connectivity index (χ3v) is 2.67. The van der Waals surface area contributed by atoms with E-state index in [0.717, 1.165) is 18.5 Å². The number of carbonyl (C=O) groups excluding carboxylic acids is 1. The van der Waals surface area contributed by atoms with Crippen LogP contribution in [0.3, 0.4) is 0 Å². The van der Waals surface area contributed by atoms with Crippen LogP contribution in [0.5, 0.6) is 0 Å². The Morgan fingerprint density at radius 3 is 3.00 bits per heavy atom. The van der Waals surface area contributed by atoms with Crippen LogP contribution in [-0.4, -0.2) is 23.5 Å². The summed E-state index contributed by atoms with van der Waals surface area (Å²) < 4.78 is 0. The van der Waals surface area contributed by atoms with Crippen LogP contribution in [0.4, 0.5) is 0 Å². The highest BCUT2D eigenvalue weighted by Crippen LogP contribution is 1.94. The average molecular weight is 235 g/mol. The zero-order valence-corrected chi connectivity index (χ0v) is 10.6. The quantitative estimate of drug-likeness (QED) is 0.752. The molecule has 0 radical (unpaired) electrons. The minimum Gasteiger partial charge on any atom is -0.352 e. The van der Waals surface area contributed by atoms with E-state index in [9.17, 15) is 4.79 Å². The first kappa shape index (κ1) is 13.6. The Bertz CT molecular complexity index is 327. The fourth-order valence-corrected chi connectivity index (χ4v) is 1.37. The van der Waals surface area contributed by atoms with Crippen LogP contribution in [0.15, 0.2) is 24.5 Å². The lowest BCUT2D eigenvalue weighted by Gasteiger charge is -2.10. The van der Waals surface area contributed by atoms with Crippen LogP contribution < -0.4 is 10.6 Å². The average Bonchev–Trinajstić information content (AvgIpc) is 2.37. The number of hydrogen-bond donors (Lipinski definition) is 2. The lowest BCUT2D eigenvalue weighted by Crippen LogP contribution is -2.31. The second-order valence-electron chi connectivity index (χ2n) is 4.15. The van der Waals surface area contributed by atoms with Crippen molar-refractivity contribution in [2.45, 2.75) is 39.3 Å². The van der Waals surface area contributed by atoms with Crippen molar-refractivity contribution >= 4 is 5.91 Å². The van der Waals surface area contributed by atoms with Gasteiger partial charge >= 0.3 is 0 Å². The number of nitrogens with zero attached hydrogens (tertiary/aromatic N) is 1. The highest BCUT2D eigenvalue weighted by atomic mass is 16.1. The standard InChI is InChI=1S/C13H21N3O/c1-3-11(2)15-8-6-13(17)16-10-12-5-4-7-14-9-12/h4-5,7,9,11,15H,3,6,8,10H2,1-2H3,(H,16,17). The molecule has 0 saturated heterocycles. The zero-order valence-electron chi connectivity index (χ0n) is 10.6. The maximum absolute atomic E-state index is 11.5. The molecule has 1 heterocycles. The lowest BCUT2D eigenvalue weighted by molar-refractivity contribution is -0.121. The minimum absolute atomic E-state index is 0.0738. The Hall–Kier alpha value is -1.42. The fraction of sp³-hybridized carbons (Fsp3) is 0.538. The van der Waals surface area contributed by atoms with Gasteiger partial charge in [-0.3, -0.25) is 9.78 Å². The van der Waals surface area contributed by atoms with Crippen molar-refractivity contribution in [3.05, 3.63) is 30.1 Å². The number of hydrogen-bond acceptors (Lipinski definition) is 3. The molecule has 0 aliphatic heterocycles. The highest BCUT2D eigenvalue weighted by Gasteiger charge is 2.02. The summed E-state index contributed by atoms with van der Waals surface area (Å²) >= 11 is 0. The summed E-state index contributed by atoms with van der Waals surface area (Å²) in [7, 11) is 0. The second kappa shape index (κ2) is 7.79.